The highest BCUT2D eigenvalue weighted by Gasteiger charge is 2.38. The first kappa shape index (κ1) is 11.5. The molecule has 0 aromatic rings. The lowest BCUT2D eigenvalue weighted by Gasteiger charge is -2.35. The van der Waals surface area contributed by atoms with Crippen LogP contribution in [0.5, 0.6) is 0 Å². The van der Waals surface area contributed by atoms with Gasteiger partial charge in [-0.15, -0.1) is 0 Å². The van der Waals surface area contributed by atoms with Crippen molar-refractivity contribution in [1.29, 1.82) is 0 Å². The first-order chi connectivity index (χ1) is 8.34. The minimum Gasteiger partial charge on any atom is -0.339 e. The molecule has 3 aliphatic rings. The predicted octanol–water partition coefficient (Wildman–Crippen LogP) is 1.78. The quantitative estimate of drug-likeness (QED) is 0.807. The molecule has 17 heavy (non-hydrogen) atoms. The molecule has 0 atom stereocenters. The zero-order valence-corrected chi connectivity index (χ0v) is 10.7. The monoisotopic (exact) mass is 236 g/mol. The summed E-state index contributed by atoms with van der Waals surface area (Å²) >= 11 is 0. The molecule has 0 unspecified atom stereocenters. The molecule has 1 N–H and O–H groups in total. The van der Waals surface area contributed by atoms with Crippen LogP contribution in [0, 0.1) is 11.8 Å². The SMILES string of the molecule is O=C(C1CCC1)N(CC1CCNCC1)C1CC1. The fraction of sp³-hybridized carbons (Fsp3) is 0.929. The van der Waals surface area contributed by atoms with E-state index in [4.69, 9.17) is 0 Å². The molecule has 0 aromatic heterocycles. The van der Waals surface area contributed by atoms with Gasteiger partial charge in [0, 0.05) is 18.5 Å². The molecule has 1 amide bonds. The number of piperidine rings is 1. The van der Waals surface area contributed by atoms with Crippen LogP contribution in [-0.2, 0) is 4.79 Å². The number of rotatable bonds is 4. The van der Waals surface area contributed by atoms with E-state index >= 15 is 0 Å². The average molecular weight is 236 g/mol. The molecular formula is C14H24N2O. The van der Waals surface area contributed by atoms with Crippen LogP contribution in [0.1, 0.15) is 44.9 Å². The minimum atomic E-state index is 0.386. The number of nitrogens with zero attached hydrogens (tertiary/aromatic N) is 1. The standard InChI is InChI=1S/C14H24N2O/c17-14(12-2-1-3-12)16(13-4-5-13)10-11-6-8-15-9-7-11/h11-13,15H,1-10H2. The first-order valence-corrected chi connectivity index (χ1v) is 7.36. The molecule has 96 valence electrons. The van der Waals surface area contributed by atoms with E-state index in [-0.39, 0.29) is 0 Å². The van der Waals surface area contributed by atoms with E-state index in [0.717, 1.165) is 38.4 Å². The van der Waals surface area contributed by atoms with Gasteiger partial charge in [-0.25, -0.2) is 0 Å². The van der Waals surface area contributed by atoms with Gasteiger partial charge in [0.1, 0.15) is 0 Å². The van der Waals surface area contributed by atoms with Gasteiger partial charge in [0.05, 0.1) is 0 Å². The Morgan fingerprint density at radius 2 is 1.76 bits per heavy atom. The van der Waals surface area contributed by atoms with E-state index in [1.54, 1.807) is 0 Å². The van der Waals surface area contributed by atoms with Crippen LogP contribution in [0.25, 0.3) is 0 Å². The predicted molar refractivity (Wildman–Crippen MR) is 67.7 cm³/mol. The van der Waals surface area contributed by atoms with Gasteiger partial charge in [-0.2, -0.15) is 0 Å². The molecular weight excluding hydrogens is 212 g/mol. The largest absolute Gasteiger partial charge is 0.339 e. The molecule has 0 aromatic carbocycles. The number of amides is 1. The van der Waals surface area contributed by atoms with Gasteiger partial charge in [0.15, 0.2) is 0 Å². The van der Waals surface area contributed by atoms with E-state index in [0.29, 0.717) is 17.9 Å². The molecule has 0 spiro atoms. The Kier molecular flexibility index (Phi) is 3.37. The van der Waals surface area contributed by atoms with E-state index in [1.165, 1.54) is 32.1 Å². The third-order valence-corrected chi connectivity index (χ3v) is 4.64. The second kappa shape index (κ2) is 4.97. The maximum Gasteiger partial charge on any atom is 0.225 e. The maximum absolute atomic E-state index is 12.4. The summed E-state index contributed by atoms with van der Waals surface area (Å²) in [5, 5.41) is 3.40. The number of carbonyl (C=O) groups excluding carboxylic acids is 1. The van der Waals surface area contributed by atoms with E-state index in [2.05, 4.69) is 10.2 Å². The molecule has 1 aliphatic heterocycles. The molecule has 1 saturated heterocycles. The van der Waals surface area contributed by atoms with Gasteiger partial charge in [-0.3, -0.25) is 4.79 Å². The summed E-state index contributed by atoms with van der Waals surface area (Å²) in [5.74, 6) is 1.62. The van der Waals surface area contributed by atoms with Crippen molar-refractivity contribution in [2.75, 3.05) is 19.6 Å². The van der Waals surface area contributed by atoms with Crippen LogP contribution in [0.3, 0.4) is 0 Å². The zero-order chi connectivity index (χ0) is 11.7. The molecule has 2 saturated carbocycles. The van der Waals surface area contributed by atoms with E-state index in [9.17, 15) is 4.79 Å². The first-order valence-electron chi connectivity index (χ1n) is 7.36. The van der Waals surface area contributed by atoms with Gasteiger partial charge in [0.25, 0.3) is 0 Å². The highest BCUT2D eigenvalue weighted by atomic mass is 16.2. The van der Waals surface area contributed by atoms with Crippen LogP contribution in [0.2, 0.25) is 0 Å². The third kappa shape index (κ3) is 2.65. The lowest BCUT2D eigenvalue weighted by Crippen LogP contribution is -2.44. The van der Waals surface area contributed by atoms with Crippen LogP contribution in [0.4, 0.5) is 0 Å². The van der Waals surface area contributed by atoms with Crippen molar-refractivity contribution in [3.63, 3.8) is 0 Å². The Bertz CT molecular complexity index is 278. The zero-order valence-electron chi connectivity index (χ0n) is 10.7. The minimum absolute atomic E-state index is 0.386. The summed E-state index contributed by atoms with van der Waals surface area (Å²) in [7, 11) is 0. The van der Waals surface area contributed by atoms with Crippen molar-refractivity contribution in [1.82, 2.24) is 10.2 Å². The Hall–Kier alpha value is -0.570. The Morgan fingerprint density at radius 1 is 1.06 bits per heavy atom. The number of hydrogen-bond donors (Lipinski definition) is 1. The maximum atomic E-state index is 12.4. The van der Waals surface area contributed by atoms with E-state index < -0.39 is 0 Å². The molecule has 0 bridgehead atoms. The van der Waals surface area contributed by atoms with Crippen LogP contribution >= 0.6 is 0 Å². The summed E-state index contributed by atoms with van der Waals surface area (Å²) in [4.78, 5) is 14.6. The summed E-state index contributed by atoms with van der Waals surface area (Å²) in [6, 6.07) is 0.609. The second-order valence-corrected chi connectivity index (χ2v) is 6.04. The topological polar surface area (TPSA) is 32.3 Å². The molecule has 1 heterocycles. The van der Waals surface area contributed by atoms with Gasteiger partial charge in [0.2, 0.25) is 5.91 Å². The lowest BCUT2D eigenvalue weighted by molar-refractivity contribution is -0.139. The highest BCUT2D eigenvalue weighted by Crippen LogP contribution is 2.35. The molecule has 0 radical (unpaired) electrons. The van der Waals surface area contributed by atoms with E-state index in [1.807, 2.05) is 0 Å². The smallest absolute Gasteiger partial charge is 0.225 e. The van der Waals surface area contributed by atoms with Crippen molar-refractivity contribution >= 4 is 5.91 Å². The van der Waals surface area contributed by atoms with Crippen LogP contribution < -0.4 is 5.32 Å². The second-order valence-electron chi connectivity index (χ2n) is 6.04. The Labute approximate surface area is 104 Å². The van der Waals surface area contributed by atoms with Gasteiger partial charge in [-0.1, -0.05) is 6.42 Å². The molecule has 3 heteroatoms. The third-order valence-electron chi connectivity index (χ3n) is 4.64. The Morgan fingerprint density at radius 3 is 2.29 bits per heavy atom. The summed E-state index contributed by atoms with van der Waals surface area (Å²) in [6.45, 7) is 3.32. The van der Waals surface area contributed by atoms with Crippen LogP contribution in [0.15, 0.2) is 0 Å². The van der Waals surface area contributed by atoms with Crippen molar-refractivity contribution in [2.45, 2.75) is 51.0 Å². The van der Waals surface area contributed by atoms with Gasteiger partial charge < -0.3 is 10.2 Å². The summed E-state index contributed by atoms with van der Waals surface area (Å²) in [6.07, 6.45) is 8.57. The molecule has 2 aliphatic carbocycles. The van der Waals surface area contributed by atoms with Crippen molar-refractivity contribution in [2.24, 2.45) is 11.8 Å². The highest BCUT2D eigenvalue weighted by molar-refractivity contribution is 5.80. The molecule has 3 fully saturated rings. The normalized spacial score (nSPS) is 26.6. The fourth-order valence-electron chi connectivity index (χ4n) is 3.04. The number of hydrogen-bond acceptors (Lipinski definition) is 2. The molecule has 3 rings (SSSR count). The molecule has 3 nitrogen and oxygen atoms in total. The van der Waals surface area contributed by atoms with Gasteiger partial charge >= 0.3 is 0 Å². The Balaban J connectivity index is 1.57. The number of nitrogens with one attached hydrogen (secondary N) is 1. The van der Waals surface area contributed by atoms with Crippen molar-refractivity contribution in [3.8, 4) is 0 Å². The number of carbonyl (C=O) groups is 1. The fourth-order valence-corrected chi connectivity index (χ4v) is 3.04. The van der Waals surface area contributed by atoms with Crippen molar-refractivity contribution < 1.29 is 4.79 Å². The lowest BCUT2D eigenvalue weighted by atomic mass is 9.84. The van der Waals surface area contributed by atoms with Crippen molar-refractivity contribution in [3.05, 3.63) is 0 Å². The summed E-state index contributed by atoms with van der Waals surface area (Å²) < 4.78 is 0. The average Bonchev–Trinajstić information content (AvgIpc) is 3.08. The summed E-state index contributed by atoms with van der Waals surface area (Å²) in [5.41, 5.74) is 0. The van der Waals surface area contributed by atoms with Gasteiger partial charge in [-0.05, 0) is 57.5 Å². The van der Waals surface area contributed by atoms with Crippen LogP contribution in [-0.4, -0.2) is 36.5 Å².